The van der Waals surface area contributed by atoms with Crippen LogP contribution in [0.15, 0.2) is 35.2 Å². The minimum atomic E-state index is -0.0411. The number of carbonyl (C=O) groups excluding carboxylic acids is 1. The molecule has 7 heteroatoms. The van der Waals surface area contributed by atoms with E-state index in [1.54, 1.807) is 12.1 Å². The molecular weight excluding hydrogens is 304 g/mol. The van der Waals surface area contributed by atoms with E-state index >= 15 is 0 Å². The van der Waals surface area contributed by atoms with Crippen molar-refractivity contribution in [2.24, 2.45) is 5.92 Å². The molecule has 1 aromatic carbocycles. The molecule has 1 atom stereocenters. The monoisotopic (exact) mass is 322 g/mol. The molecule has 1 saturated heterocycles. The third-order valence-corrected chi connectivity index (χ3v) is 3.77. The van der Waals surface area contributed by atoms with E-state index in [0.29, 0.717) is 17.3 Å². The Kier molecular flexibility index (Phi) is 5.91. The fourth-order valence-electron chi connectivity index (χ4n) is 2.52. The first kappa shape index (κ1) is 16.5. The van der Waals surface area contributed by atoms with Crippen molar-refractivity contribution in [1.82, 2.24) is 20.8 Å². The lowest BCUT2D eigenvalue weighted by molar-refractivity contribution is 0.0951. The molecule has 6 nitrogen and oxygen atoms in total. The van der Waals surface area contributed by atoms with E-state index in [9.17, 15) is 4.79 Å². The van der Waals surface area contributed by atoms with Gasteiger partial charge in [-0.05, 0) is 44.0 Å². The van der Waals surface area contributed by atoms with Gasteiger partial charge in [-0.3, -0.25) is 4.79 Å². The van der Waals surface area contributed by atoms with Crippen LogP contribution in [0, 0.1) is 5.92 Å². The summed E-state index contributed by atoms with van der Waals surface area (Å²) in [4.78, 5) is 16.0. The van der Waals surface area contributed by atoms with Gasteiger partial charge in [0.05, 0.1) is 0 Å². The zero-order chi connectivity index (χ0) is 14.5. The van der Waals surface area contributed by atoms with Crippen LogP contribution in [-0.4, -0.2) is 35.7 Å². The predicted molar refractivity (Wildman–Crippen MR) is 84.9 cm³/mol. The highest BCUT2D eigenvalue weighted by molar-refractivity contribution is 5.94. The fraction of sp³-hybridized carbons (Fsp3) is 0.400. The van der Waals surface area contributed by atoms with Crippen LogP contribution in [0.3, 0.4) is 0 Å². The van der Waals surface area contributed by atoms with E-state index in [4.69, 9.17) is 4.52 Å². The second-order valence-corrected chi connectivity index (χ2v) is 5.24. The Labute approximate surface area is 135 Å². The maximum atomic E-state index is 12.0. The van der Waals surface area contributed by atoms with E-state index in [-0.39, 0.29) is 18.3 Å². The van der Waals surface area contributed by atoms with Crippen LogP contribution in [-0.2, 0) is 0 Å². The summed E-state index contributed by atoms with van der Waals surface area (Å²) in [5.74, 6) is 1.17. The zero-order valence-corrected chi connectivity index (χ0v) is 12.9. The van der Waals surface area contributed by atoms with Gasteiger partial charge in [0.1, 0.15) is 0 Å². The quantitative estimate of drug-likeness (QED) is 0.878. The SMILES string of the molecule is Cl.O=C(NCCC1CCNC1)c1ccc(-c2ncon2)cc1. The highest BCUT2D eigenvalue weighted by atomic mass is 35.5. The highest BCUT2D eigenvalue weighted by Gasteiger charge is 2.14. The molecule has 0 saturated carbocycles. The summed E-state index contributed by atoms with van der Waals surface area (Å²) < 4.78 is 4.70. The summed E-state index contributed by atoms with van der Waals surface area (Å²) in [6.45, 7) is 2.88. The number of hydrogen-bond donors (Lipinski definition) is 2. The second kappa shape index (κ2) is 7.91. The van der Waals surface area contributed by atoms with Gasteiger partial charge in [0.15, 0.2) is 0 Å². The minimum absolute atomic E-state index is 0. The molecule has 1 aliphatic heterocycles. The summed E-state index contributed by atoms with van der Waals surface area (Å²) in [5.41, 5.74) is 1.48. The largest absolute Gasteiger partial charge is 0.352 e. The van der Waals surface area contributed by atoms with Crippen LogP contribution in [0.25, 0.3) is 11.4 Å². The number of rotatable bonds is 5. The number of carbonyl (C=O) groups is 1. The first-order chi connectivity index (χ1) is 10.3. The van der Waals surface area contributed by atoms with Gasteiger partial charge in [0, 0.05) is 17.7 Å². The normalized spacial score (nSPS) is 17.0. The van der Waals surface area contributed by atoms with Crippen molar-refractivity contribution in [2.45, 2.75) is 12.8 Å². The lowest BCUT2D eigenvalue weighted by Gasteiger charge is -2.09. The lowest BCUT2D eigenvalue weighted by atomic mass is 10.1. The van der Waals surface area contributed by atoms with Gasteiger partial charge in [-0.15, -0.1) is 12.4 Å². The maximum Gasteiger partial charge on any atom is 0.251 e. The smallest absolute Gasteiger partial charge is 0.251 e. The van der Waals surface area contributed by atoms with Crippen LogP contribution in [0.1, 0.15) is 23.2 Å². The first-order valence-corrected chi connectivity index (χ1v) is 7.18. The van der Waals surface area contributed by atoms with Crippen LogP contribution in [0.4, 0.5) is 0 Å². The molecule has 118 valence electrons. The molecule has 0 bridgehead atoms. The zero-order valence-electron chi connectivity index (χ0n) is 12.1. The second-order valence-electron chi connectivity index (χ2n) is 5.24. The molecule has 1 aliphatic rings. The number of aromatic nitrogens is 2. The molecule has 1 unspecified atom stereocenters. The molecule has 22 heavy (non-hydrogen) atoms. The number of hydrogen-bond acceptors (Lipinski definition) is 5. The van der Waals surface area contributed by atoms with E-state index in [0.717, 1.165) is 31.6 Å². The van der Waals surface area contributed by atoms with E-state index < -0.39 is 0 Å². The summed E-state index contributed by atoms with van der Waals surface area (Å²) in [5, 5.41) is 10.1. The molecule has 0 spiro atoms. The molecular formula is C15H19ClN4O2. The molecule has 3 rings (SSSR count). The third kappa shape index (κ3) is 4.05. The lowest BCUT2D eigenvalue weighted by Crippen LogP contribution is -2.26. The molecule has 2 N–H and O–H groups in total. The standard InChI is InChI=1S/C15H18N4O2.ClH/c20-15(17-8-6-11-5-7-16-9-11)13-3-1-12(2-4-13)14-18-10-21-19-14;/h1-4,10-11,16H,5-9H2,(H,17,20);1H. The van der Waals surface area contributed by atoms with E-state index in [2.05, 4.69) is 20.8 Å². The number of amides is 1. The summed E-state index contributed by atoms with van der Waals surface area (Å²) in [6.07, 6.45) is 3.52. The van der Waals surface area contributed by atoms with Gasteiger partial charge >= 0.3 is 0 Å². The van der Waals surface area contributed by atoms with Crippen molar-refractivity contribution < 1.29 is 9.32 Å². The Morgan fingerprint density at radius 3 is 2.82 bits per heavy atom. The Bertz CT molecular complexity index is 580. The van der Waals surface area contributed by atoms with Crippen molar-refractivity contribution in [2.75, 3.05) is 19.6 Å². The van der Waals surface area contributed by atoms with Crippen molar-refractivity contribution in [3.05, 3.63) is 36.2 Å². The molecule has 0 aliphatic carbocycles. The van der Waals surface area contributed by atoms with Gasteiger partial charge in [0.25, 0.3) is 5.91 Å². The molecule has 2 aromatic rings. The predicted octanol–water partition coefficient (Wildman–Crippen LogP) is 1.89. The van der Waals surface area contributed by atoms with Crippen LogP contribution >= 0.6 is 12.4 Å². The molecule has 1 aromatic heterocycles. The highest BCUT2D eigenvalue weighted by Crippen LogP contribution is 2.15. The number of nitrogens with zero attached hydrogens (tertiary/aromatic N) is 2. The summed E-state index contributed by atoms with van der Waals surface area (Å²) >= 11 is 0. The molecule has 2 heterocycles. The van der Waals surface area contributed by atoms with Gasteiger partial charge in [-0.2, -0.15) is 4.98 Å². The summed E-state index contributed by atoms with van der Waals surface area (Å²) in [6, 6.07) is 7.19. The topological polar surface area (TPSA) is 80.0 Å². The third-order valence-electron chi connectivity index (χ3n) is 3.77. The first-order valence-electron chi connectivity index (χ1n) is 7.18. The fourth-order valence-corrected chi connectivity index (χ4v) is 2.52. The van der Waals surface area contributed by atoms with Crippen molar-refractivity contribution in [3.8, 4) is 11.4 Å². The average Bonchev–Trinajstić information content (AvgIpc) is 3.21. The Balaban J connectivity index is 0.00000176. The maximum absolute atomic E-state index is 12.0. The molecule has 0 radical (unpaired) electrons. The van der Waals surface area contributed by atoms with Gasteiger partial charge < -0.3 is 15.2 Å². The van der Waals surface area contributed by atoms with Gasteiger partial charge in [-0.25, -0.2) is 0 Å². The van der Waals surface area contributed by atoms with Gasteiger partial charge in [-0.1, -0.05) is 17.3 Å². The van der Waals surface area contributed by atoms with Gasteiger partial charge in [0.2, 0.25) is 12.2 Å². The molecule has 1 amide bonds. The summed E-state index contributed by atoms with van der Waals surface area (Å²) in [7, 11) is 0. The van der Waals surface area contributed by atoms with Crippen LogP contribution < -0.4 is 10.6 Å². The average molecular weight is 323 g/mol. The van der Waals surface area contributed by atoms with Crippen LogP contribution in [0.2, 0.25) is 0 Å². The number of halogens is 1. The molecule has 1 fully saturated rings. The number of benzene rings is 1. The van der Waals surface area contributed by atoms with Crippen LogP contribution in [0.5, 0.6) is 0 Å². The Morgan fingerprint density at radius 2 is 2.18 bits per heavy atom. The van der Waals surface area contributed by atoms with Crippen molar-refractivity contribution in [3.63, 3.8) is 0 Å². The van der Waals surface area contributed by atoms with Crippen molar-refractivity contribution >= 4 is 18.3 Å². The Hall–Kier alpha value is -1.92. The van der Waals surface area contributed by atoms with E-state index in [1.165, 1.54) is 12.8 Å². The van der Waals surface area contributed by atoms with E-state index in [1.807, 2.05) is 12.1 Å². The van der Waals surface area contributed by atoms with Crippen molar-refractivity contribution in [1.29, 1.82) is 0 Å². The minimum Gasteiger partial charge on any atom is -0.352 e. The number of nitrogens with one attached hydrogen (secondary N) is 2. The Morgan fingerprint density at radius 1 is 1.36 bits per heavy atom.